The summed E-state index contributed by atoms with van der Waals surface area (Å²) in [5, 5.41) is 11.8. The van der Waals surface area contributed by atoms with Gasteiger partial charge in [-0.15, -0.1) is 0 Å². The number of nitrogens with one attached hydrogen (secondary N) is 1. The quantitative estimate of drug-likeness (QED) is 0.133. The first kappa shape index (κ1) is 24.6. The van der Waals surface area contributed by atoms with E-state index in [9.17, 15) is 4.79 Å². The Bertz CT molecular complexity index is 951. The Hall–Kier alpha value is -3.05. The minimum atomic E-state index is -1.95. The molecule has 3 aromatic rings. The van der Waals surface area contributed by atoms with E-state index < -0.39 is 13.2 Å². The Kier molecular flexibility index (Phi) is 8.34. The smallest absolute Gasteiger partial charge is 0.292 e. The third kappa shape index (κ3) is 5.85. The summed E-state index contributed by atoms with van der Waals surface area (Å²) in [5.41, 5.74) is 11.1. The highest BCUT2D eigenvalue weighted by atomic mass is 31.2. The summed E-state index contributed by atoms with van der Waals surface area (Å²) < 4.78 is 6.04. The zero-order valence-corrected chi connectivity index (χ0v) is 20.0. The summed E-state index contributed by atoms with van der Waals surface area (Å²) in [4.78, 5) is 11.4. The van der Waals surface area contributed by atoms with Crippen LogP contribution in [0, 0.1) is 5.41 Å². The predicted molar refractivity (Wildman–Crippen MR) is 138 cm³/mol. The van der Waals surface area contributed by atoms with Crippen molar-refractivity contribution < 1.29 is 14.0 Å². The molecule has 0 spiro atoms. The van der Waals surface area contributed by atoms with Gasteiger partial charge in [-0.2, -0.15) is 0 Å². The lowest BCUT2D eigenvalue weighted by atomic mass is 10.4. The van der Waals surface area contributed by atoms with Crippen LogP contribution < -0.4 is 27.4 Å². The van der Waals surface area contributed by atoms with Crippen molar-refractivity contribution in [3.63, 3.8) is 0 Å². The highest BCUT2D eigenvalue weighted by Gasteiger charge is 2.44. The molecular weight excluding hydrogens is 431 g/mol. The number of ether oxygens (including phenoxy) is 1. The number of nitrogens with two attached hydrogens (primary N) is 2. The van der Waals surface area contributed by atoms with Crippen LogP contribution in [0.1, 0.15) is 0 Å². The van der Waals surface area contributed by atoms with Crippen LogP contribution in [0.2, 0.25) is 0 Å². The maximum atomic E-state index is 11.4. The standard InChI is InChI=1S/C26H32N4O2P/c1-30(26(28)29,21-25(27)31)17-18-32-19-20-33(22-11-5-2-6-12-22,23-13-7-3-8-14-23)24-15-9-4-10-16-24/h2-16H,17-21H2,1H3,(H4-,27,28,29,31)/q+1/p+1. The minimum absolute atomic E-state index is 0.0202. The van der Waals surface area contributed by atoms with Crippen LogP contribution in [-0.2, 0) is 9.53 Å². The summed E-state index contributed by atoms with van der Waals surface area (Å²) >= 11 is 0. The number of guanidine groups is 1. The molecule has 3 aromatic carbocycles. The molecule has 0 aliphatic carbocycles. The van der Waals surface area contributed by atoms with E-state index in [4.69, 9.17) is 21.6 Å². The Morgan fingerprint density at radius 1 is 0.818 bits per heavy atom. The van der Waals surface area contributed by atoms with E-state index in [0.717, 1.165) is 6.16 Å². The molecule has 0 saturated heterocycles. The number of amides is 1. The zero-order valence-electron chi connectivity index (χ0n) is 19.1. The van der Waals surface area contributed by atoms with Crippen molar-refractivity contribution in [2.75, 3.05) is 39.5 Å². The molecule has 33 heavy (non-hydrogen) atoms. The molecule has 3 rings (SSSR count). The van der Waals surface area contributed by atoms with Gasteiger partial charge in [-0.25, -0.2) is 5.41 Å². The Morgan fingerprint density at radius 2 is 1.24 bits per heavy atom. The van der Waals surface area contributed by atoms with E-state index in [0.29, 0.717) is 19.8 Å². The van der Waals surface area contributed by atoms with Crippen LogP contribution in [0.4, 0.5) is 0 Å². The van der Waals surface area contributed by atoms with E-state index in [1.54, 1.807) is 7.05 Å². The lowest BCUT2D eigenvalue weighted by Gasteiger charge is -2.30. The Labute approximate surface area is 196 Å². The second-order valence-corrected chi connectivity index (χ2v) is 11.9. The molecule has 5 N–H and O–H groups in total. The van der Waals surface area contributed by atoms with E-state index in [1.165, 1.54) is 15.9 Å². The van der Waals surface area contributed by atoms with Crippen molar-refractivity contribution in [3.05, 3.63) is 91.0 Å². The number of benzene rings is 3. The van der Waals surface area contributed by atoms with Gasteiger partial charge in [-0.1, -0.05) is 54.6 Å². The van der Waals surface area contributed by atoms with Crippen molar-refractivity contribution in [3.8, 4) is 0 Å². The average molecular weight is 465 g/mol. The maximum absolute atomic E-state index is 11.4. The maximum Gasteiger partial charge on any atom is 0.292 e. The van der Waals surface area contributed by atoms with Crippen LogP contribution >= 0.6 is 7.26 Å². The van der Waals surface area contributed by atoms with Crippen LogP contribution in [0.3, 0.4) is 0 Å². The molecule has 0 bridgehead atoms. The van der Waals surface area contributed by atoms with Crippen molar-refractivity contribution >= 4 is 35.0 Å². The Morgan fingerprint density at radius 3 is 1.61 bits per heavy atom. The highest BCUT2D eigenvalue weighted by Crippen LogP contribution is 2.54. The summed E-state index contributed by atoms with van der Waals surface area (Å²) in [6.45, 7) is 1.31. The molecule has 0 aromatic heterocycles. The molecule has 0 fully saturated rings. The lowest BCUT2D eigenvalue weighted by Crippen LogP contribution is -2.58. The van der Waals surface area contributed by atoms with E-state index >= 15 is 0 Å². The molecular formula is C26H33N4O2P+2. The number of likely N-dealkylation sites (N-methyl/N-ethyl adjacent to an activating group) is 1. The zero-order chi connectivity index (χ0) is 23.7. The number of nitrogens with zero attached hydrogens (tertiary/aromatic N) is 1. The average Bonchev–Trinajstić information content (AvgIpc) is 2.83. The second kappa shape index (κ2) is 11.2. The van der Waals surface area contributed by atoms with Crippen molar-refractivity contribution in [2.24, 2.45) is 11.5 Å². The normalized spacial score (nSPS) is 13.2. The van der Waals surface area contributed by atoms with Gasteiger partial charge in [0, 0.05) is 0 Å². The first-order valence-corrected chi connectivity index (χ1v) is 13.0. The largest absolute Gasteiger partial charge is 0.372 e. The predicted octanol–water partition coefficient (Wildman–Crippen LogP) is 1.82. The van der Waals surface area contributed by atoms with Gasteiger partial charge < -0.3 is 16.2 Å². The van der Waals surface area contributed by atoms with Gasteiger partial charge >= 0.3 is 0 Å². The van der Waals surface area contributed by atoms with E-state index in [1.807, 2.05) is 18.2 Å². The number of hydrogen-bond acceptors (Lipinski definition) is 3. The lowest BCUT2D eigenvalue weighted by molar-refractivity contribution is -0.815. The van der Waals surface area contributed by atoms with Crippen LogP contribution in [0.5, 0.6) is 0 Å². The molecule has 7 heteroatoms. The molecule has 0 saturated carbocycles. The van der Waals surface area contributed by atoms with Gasteiger partial charge in [0.1, 0.15) is 29.7 Å². The summed E-state index contributed by atoms with van der Waals surface area (Å²) in [5.74, 6) is -0.591. The first-order valence-electron chi connectivity index (χ1n) is 11.0. The van der Waals surface area contributed by atoms with Gasteiger partial charge in [0.25, 0.3) is 11.9 Å². The number of carbonyl (C=O) groups excluding carboxylic acids is 1. The molecule has 1 amide bonds. The fourth-order valence-corrected chi connectivity index (χ4v) is 8.20. The number of carbonyl (C=O) groups is 1. The van der Waals surface area contributed by atoms with Gasteiger partial charge in [-0.3, -0.25) is 9.28 Å². The summed E-state index contributed by atoms with van der Waals surface area (Å²) in [7, 11) is -0.219. The molecule has 6 nitrogen and oxygen atoms in total. The van der Waals surface area contributed by atoms with Gasteiger partial charge in [0.2, 0.25) is 0 Å². The number of hydrogen-bond donors (Lipinski definition) is 3. The van der Waals surface area contributed by atoms with Gasteiger partial charge in [0.15, 0.2) is 6.54 Å². The SMILES string of the molecule is C[N+](CCOCC[P+](c1ccccc1)(c1ccccc1)c1ccccc1)(CC(N)=O)C(=N)N. The number of primary amides is 1. The fraction of sp³-hybridized carbons (Fsp3) is 0.231. The molecule has 0 radical (unpaired) electrons. The van der Waals surface area contributed by atoms with E-state index in [-0.39, 0.29) is 17.0 Å². The van der Waals surface area contributed by atoms with Crippen LogP contribution in [-0.4, -0.2) is 55.9 Å². The first-order chi connectivity index (χ1) is 15.9. The molecule has 0 aliphatic rings. The summed E-state index contributed by atoms with van der Waals surface area (Å²) in [6, 6.07) is 32.0. The Balaban J connectivity index is 1.86. The monoisotopic (exact) mass is 464 g/mol. The molecule has 1 unspecified atom stereocenters. The van der Waals surface area contributed by atoms with Gasteiger partial charge in [-0.05, 0) is 36.4 Å². The van der Waals surface area contributed by atoms with Crippen molar-refractivity contribution in [2.45, 2.75) is 0 Å². The van der Waals surface area contributed by atoms with Crippen LogP contribution in [0.25, 0.3) is 0 Å². The van der Waals surface area contributed by atoms with Crippen LogP contribution in [0.15, 0.2) is 91.0 Å². The highest BCUT2D eigenvalue weighted by molar-refractivity contribution is 7.95. The molecule has 0 heterocycles. The van der Waals surface area contributed by atoms with Crippen molar-refractivity contribution in [1.29, 1.82) is 5.41 Å². The molecule has 0 aliphatic heterocycles. The van der Waals surface area contributed by atoms with Crippen molar-refractivity contribution in [1.82, 2.24) is 0 Å². The molecule has 1 atom stereocenters. The minimum Gasteiger partial charge on any atom is -0.372 e. The fourth-order valence-electron chi connectivity index (χ4n) is 4.08. The number of rotatable bonds is 11. The topological polar surface area (TPSA) is 102 Å². The number of quaternary nitrogens is 1. The summed E-state index contributed by atoms with van der Waals surface area (Å²) in [6.07, 6.45) is 0.838. The van der Waals surface area contributed by atoms with Gasteiger partial charge in [0.05, 0.1) is 26.4 Å². The third-order valence-corrected chi connectivity index (χ3v) is 10.4. The third-order valence-electron chi connectivity index (χ3n) is 5.98. The second-order valence-electron chi connectivity index (χ2n) is 8.28. The molecule has 172 valence electrons. The van der Waals surface area contributed by atoms with E-state index in [2.05, 4.69) is 72.8 Å².